The minimum Gasteiger partial charge on any atom is -0.466 e. The van der Waals surface area contributed by atoms with Crippen LogP contribution in [0.2, 0.25) is 0 Å². The van der Waals surface area contributed by atoms with Gasteiger partial charge in [0.25, 0.3) is 5.69 Å². The molecule has 0 fully saturated rings. The van der Waals surface area contributed by atoms with Gasteiger partial charge in [0.05, 0.1) is 12.0 Å². The number of benzene rings is 1. The maximum absolute atomic E-state index is 11.2. The van der Waals surface area contributed by atoms with Gasteiger partial charge in [-0.25, -0.2) is 4.79 Å². The number of hydrogen-bond donors (Lipinski definition) is 0. The zero-order valence-corrected chi connectivity index (χ0v) is 12.5. The van der Waals surface area contributed by atoms with Crippen LogP contribution in [-0.4, -0.2) is 31.6 Å². The molecule has 0 N–H and O–H groups in total. The van der Waals surface area contributed by atoms with Gasteiger partial charge in [0.15, 0.2) is 0 Å². The van der Waals surface area contributed by atoms with E-state index in [0.717, 1.165) is 19.4 Å². The van der Waals surface area contributed by atoms with Gasteiger partial charge in [0, 0.05) is 25.7 Å². The summed E-state index contributed by atoms with van der Waals surface area (Å²) in [5, 5.41) is 11.2. The van der Waals surface area contributed by atoms with Crippen molar-refractivity contribution in [2.75, 3.05) is 25.6 Å². The number of hydrogen-bond acceptors (Lipinski definition) is 5. The zero-order valence-electron chi connectivity index (χ0n) is 12.5. The molecule has 0 unspecified atom stereocenters. The summed E-state index contributed by atoms with van der Waals surface area (Å²) in [4.78, 5) is 23.7. The van der Waals surface area contributed by atoms with Gasteiger partial charge in [-0.2, -0.15) is 0 Å². The number of carbonyl (C=O) groups is 1. The summed E-state index contributed by atoms with van der Waals surface area (Å²) in [7, 11) is 3.11. The fourth-order valence-electron chi connectivity index (χ4n) is 1.86. The first kappa shape index (κ1) is 16.7. The van der Waals surface area contributed by atoms with E-state index in [9.17, 15) is 14.9 Å². The average molecular weight is 292 g/mol. The van der Waals surface area contributed by atoms with Gasteiger partial charge >= 0.3 is 5.97 Å². The molecule has 6 heteroatoms. The molecule has 1 aromatic rings. The van der Waals surface area contributed by atoms with Crippen LogP contribution in [0.15, 0.2) is 24.3 Å². The lowest BCUT2D eigenvalue weighted by atomic mass is 10.1. The molecule has 1 aromatic carbocycles. The predicted molar refractivity (Wildman–Crippen MR) is 82.3 cm³/mol. The zero-order chi connectivity index (χ0) is 15.8. The molecule has 0 aliphatic rings. The first-order valence-corrected chi connectivity index (χ1v) is 6.75. The van der Waals surface area contributed by atoms with Crippen LogP contribution in [0.5, 0.6) is 0 Å². The van der Waals surface area contributed by atoms with Crippen molar-refractivity contribution < 1.29 is 14.5 Å². The Morgan fingerprint density at radius 2 is 2.19 bits per heavy atom. The molecular formula is C15H20N2O4. The molecular weight excluding hydrogens is 272 g/mol. The van der Waals surface area contributed by atoms with Gasteiger partial charge in [-0.1, -0.05) is 19.4 Å². The van der Waals surface area contributed by atoms with Crippen molar-refractivity contribution in [3.8, 4) is 0 Å². The van der Waals surface area contributed by atoms with E-state index in [1.807, 2.05) is 11.9 Å². The third-order valence-electron chi connectivity index (χ3n) is 3.07. The van der Waals surface area contributed by atoms with E-state index in [1.165, 1.54) is 25.3 Å². The second-order valence-corrected chi connectivity index (χ2v) is 4.64. The van der Waals surface area contributed by atoms with Gasteiger partial charge < -0.3 is 9.64 Å². The second-order valence-electron chi connectivity index (χ2n) is 4.64. The topological polar surface area (TPSA) is 72.7 Å². The highest BCUT2D eigenvalue weighted by atomic mass is 16.6. The van der Waals surface area contributed by atoms with Crippen LogP contribution >= 0.6 is 0 Å². The molecule has 0 heterocycles. The third kappa shape index (κ3) is 4.91. The molecule has 0 spiro atoms. The number of rotatable bonds is 7. The van der Waals surface area contributed by atoms with Crippen molar-refractivity contribution in [1.82, 2.24) is 0 Å². The normalized spacial score (nSPS) is 10.6. The van der Waals surface area contributed by atoms with E-state index in [1.54, 1.807) is 12.1 Å². The SMILES string of the molecule is CCCCN(C)c1ccc(C=CC(=O)OC)cc1[N+](=O)[O-]. The molecule has 0 bridgehead atoms. The number of carbonyl (C=O) groups excluding carboxylic acids is 1. The molecule has 1 rings (SSSR count). The molecule has 0 saturated carbocycles. The number of nitro groups is 1. The summed E-state index contributed by atoms with van der Waals surface area (Å²) >= 11 is 0. The molecule has 114 valence electrons. The maximum atomic E-state index is 11.2. The molecule has 21 heavy (non-hydrogen) atoms. The van der Waals surface area contributed by atoms with Crippen molar-refractivity contribution in [2.45, 2.75) is 19.8 Å². The summed E-state index contributed by atoms with van der Waals surface area (Å²) in [6.07, 6.45) is 4.73. The van der Waals surface area contributed by atoms with Gasteiger partial charge in [0.2, 0.25) is 0 Å². The van der Waals surface area contributed by atoms with Crippen LogP contribution in [-0.2, 0) is 9.53 Å². The van der Waals surface area contributed by atoms with Crippen LogP contribution in [0.4, 0.5) is 11.4 Å². The molecule has 6 nitrogen and oxygen atoms in total. The molecule has 0 aromatic heterocycles. The summed E-state index contributed by atoms with van der Waals surface area (Å²) < 4.78 is 4.49. The highest BCUT2D eigenvalue weighted by Gasteiger charge is 2.17. The Labute approximate surface area is 124 Å². The smallest absolute Gasteiger partial charge is 0.330 e. The summed E-state index contributed by atoms with van der Waals surface area (Å²) in [6.45, 7) is 2.83. The number of esters is 1. The fourth-order valence-corrected chi connectivity index (χ4v) is 1.86. The fraction of sp³-hybridized carbons (Fsp3) is 0.400. The van der Waals surface area contributed by atoms with Gasteiger partial charge in [-0.15, -0.1) is 0 Å². The van der Waals surface area contributed by atoms with E-state index < -0.39 is 10.9 Å². The van der Waals surface area contributed by atoms with Crippen molar-refractivity contribution >= 4 is 23.4 Å². The number of anilines is 1. The van der Waals surface area contributed by atoms with Crippen molar-refractivity contribution in [3.05, 3.63) is 40.0 Å². The Morgan fingerprint density at radius 3 is 2.76 bits per heavy atom. The molecule has 0 aliphatic carbocycles. The maximum Gasteiger partial charge on any atom is 0.330 e. The molecule has 0 saturated heterocycles. The molecule has 0 radical (unpaired) electrons. The lowest BCUT2D eigenvalue weighted by molar-refractivity contribution is -0.384. The standard InChI is InChI=1S/C15H20N2O4/c1-4-5-10-16(2)13-8-6-12(7-9-15(18)21-3)11-14(13)17(19)20/h6-9,11H,4-5,10H2,1-3H3. The predicted octanol–water partition coefficient (Wildman–Crippen LogP) is 3.02. The van der Waals surface area contributed by atoms with Crippen molar-refractivity contribution in [2.24, 2.45) is 0 Å². The highest BCUT2D eigenvalue weighted by molar-refractivity contribution is 5.87. The van der Waals surface area contributed by atoms with Crippen LogP contribution in [0, 0.1) is 10.1 Å². The Bertz CT molecular complexity index is 540. The van der Waals surface area contributed by atoms with Crippen LogP contribution in [0.3, 0.4) is 0 Å². The lowest BCUT2D eigenvalue weighted by Crippen LogP contribution is -2.19. The summed E-state index contributed by atoms with van der Waals surface area (Å²) in [5.41, 5.74) is 1.18. The minimum atomic E-state index is -0.498. The van der Waals surface area contributed by atoms with E-state index in [-0.39, 0.29) is 5.69 Å². The Kier molecular flexibility index (Phi) is 6.39. The number of ether oxygens (including phenoxy) is 1. The number of unbranched alkanes of at least 4 members (excludes halogenated alkanes) is 1. The number of methoxy groups -OCH3 is 1. The van der Waals surface area contributed by atoms with Crippen molar-refractivity contribution in [1.29, 1.82) is 0 Å². The quantitative estimate of drug-likeness (QED) is 0.334. The van der Waals surface area contributed by atoms with E-state index in [4.69, 9.17) is 0 Å². The average Bonchev–Trinajstić information content (AvgIpc) is 2.49. The summed E-state index contributed by atoms with van der Waals surface area (Å²) in [5.74, 6) is -0.498. The van der Waals surface area contributed by atoms with E-state index >= 15 is 0 Å². The summed E-state index contributed by atoms with van der Waals surface area (Å²) in [6, 6.07) is 4.90. The second kappa shape index (κ2) is 8.04. The Balaban J connectivity index is 3.04. The van der Waals surface area contributed by atoms with Crippen LogP contribution in [0.25, 0.3) is 6.08 Å². The largest absolute Gasteiger partial charge is 0.466 e. The van der Waals surface area contributed by atoms with Gasteiger partial charge in [-0.05, 0) is 24.1 Å². The Morgan fingerprint density at radius 1 is 1.48 bits per heavy atom. The molecule has 0 atom stereocenters. The Hall–Kier alpha value is -2.37. The van der Waals surface area contributed by atoms with Crippen LogP contribution < -0.4 is 4.90 Å². The molecule has 0 aliphatic heterocycles. The van der Waals surface area contributed by atoms with Crippen LogP contribution in [0.1, 0.15) is 25.3 Å². The first-order chi connectivity index (χ1) is 9.99. The lowest BCUT2D eigenvalue weighted by Gasteiger charge is -2.18. The number of nitrogens with zero attached hydrogens (tertiary/aromatic N) is 2. The third-order valence-corrected chi connectivity index (χ3v) is 3.07. The van der Waals surface area contributed by atoms with Crippen molar-refractivity contribution in [3.63, 3.8) is 0 Å². The van der Waals surface area contributed by atoms with E-state index in [2.05, 4.69) is 11.7 Å². The monoisotopic (exact) mass is 292 g/mol. The molecule has 0 amide bonds. The highest BCUT2D eigenvalue weighted by Crippen LogP contribution is 2.29. The van der Waals surface area contributed by atoms with Gasteiger partial charge in [0.1, 0.15) is 5.69 Å². The van der Waals surface area contributed by atoms with Gasteiger partial charge in [-0.3, -0.25) is 10.1 Å². The number of nitro benzene ring substituents is 1. The minimum absolute atomic E-state index is 0.0284. The van der Waals surface area contributed by atoms with E-state index in [0.29, 0.717) is 11.3 Å². The first-order valence-electron chi connectivity index (χ1n) is 6.75.